The first-order chi connectivity index (χ1) is 1.73. The van der Waals surface area contributed by atoms with Gasteiger partial charge in [-0.2, -0.15) is 0 Å². The van der Waals surface area contributed by atoms with Crippen LogP contribution in [0.1, 0.15) is 0 Å². The smallest absolute Gasteiger partial charge is 0.291 e. The van der Waals surface area contributed by atoms with Crippen molar-refractivity contribution in [1.29, 1.82) is 0 Å². The average molecular weight is 123 g/mol. The number of hydrogen-bond acceptors (Lipinski definition) is 2. The van der Waals surface area contributed by atoms with Crippen LogP contribution in [0.25, 0.3) is 0 Å². The molecule has 6 heavy (non-hydrogen) atoms. The first-order valence-electron chi connectivity index (χ1n) is 0.565. The zero-order valence-electron chi connectivity index (χ0n) is 2.71. The van der Waals surface area contributed by atoms with Gasteiger partial charge >= 0.3 is 0 Å². The monoisotopic (exact) mass is 123 g/mol. The van der Waals surface area contributed by atoms with Gasteiger partial charge in [-0.15, -0.1) is 10.1 Å². The van der Waals surface area contributed by atoms with Crippen molar-refractivity contribution < 1.29 is 32.0 Å². The first kappa shape index (κ1) is 16.8. The maximum absolute atomic E-state index is 8.36. The van der Waals surface area contributed by atoms with E-state index in [1.54, 1.807) is 0 Å². The molecule has 0 saturated carbocycles. The summed E-state index contributed by atoms with van der Waals surface area (Å²) in [6, 6.07) is 0. The standard InChI is InChI=1S/C.HNO3.Ti/c;2-1(3)4;/h;(H,2,3,4);. The normalized spacial score (nSPS) is 4.00. The predicted molar refractivity (Wildman–Crippen MR) is 12.0 cm³/mol. The largest absolute Gasteiger partial charge is 0.328 e. The van der Waals surface area contributed by atoms with Crippen LogP contribution in [0.4, 0.5) is 0 Å². The summed E-state index contributed by atoms with van der Waals surface area (Å²) in [6.45, 7) is 0. The van der Waals surface area contributed by atoms with Crippen molar-refractivity contribution in [2.24, 2.45) is 0 Å². The molecular weight excluding hydrogens is 122 g/mol. The molecule has 4 radical (unpaired) electrons. The second-order valence-electron chi connectivity index (χ2n) is 0.238. The molecule has 1 N–H and O–H groups in total. The summed E-state index contributed by atoms with van der Waals surface area (Å²) >= 11 is 0. The fourth-order valence-corrected chi connectivity index (χ4v) is 0. The summed E-state index contributed by atoms with van der Waals surface area (Å²) in [7, 11) is 0. The molecule has 0 aromatic heterocycles. The molecule has 4 nitrogen and oxygen atoms in total. The average Bonchev–Trinajstić information content (AvgIpc) is 0.811. The van der Waals surface area contributed by atoms with Gasteiger partial charge in [-0.1, -0.05) is 0 Å². The van der Waals surface area contributed by atoms with E-state index in [0.29, 0.717) is 0 Å². The Bertz CT molecular complexity index is 33.8. The Morgan fingerprint density at radius 3 is 1.67 bits per heavy atom. The predicted octanol–water partition coefficient (Wildman–Crippen LogP) is -0.269. The van der Waals surface area contributed by atoms with E-state index in [4.69, 9.17) is 15.3 Å². The molecule has 0 unspecified atom stereocenters. The van der Waals surface area contributed by atoms with Crippen LogP contribution in [-0.2, 0) is 21.7 Å². The van der Waals surface area contributed by atoms with Crippen molar-refractivity contribution in [3.63, 3.8) is 0 Å². The van der Waals surface area contributed by atoms with Crippen molar-refractivity contribution in [2.45, 2.75) is 0 Å². The third-order valence-electron chi connectivity index (χ3n) is 0. The fraction of sp³-hybridized carbons (Fsp3) is 0. The van der Waals surface area contributed by atoms with E-state index >= 15 is 0 Å². The topological polar surface area (TPSA) is 63.4 Å². The number of hydrogen-bond donors (Lipinski definition) is 1. The molecule has 0 aromatic carbocycles. The minimum atomic E-state index is -1.50. The van der Waals surface area contributed by atoms with Gasteiger partial charge < -0.3 is 5.21 Å². The molecule has 0 aliphatic rings. The number of rotatable bonds is 0. The maximum Gasteiger partial charge on any atom is 0.291 e. The van der Waals surface area contributed by atoms with Gasteiger partial charge in [-0.25, -0.2) is 0 Å². The second kappa shape index (κ2) is 8.87. The summed E-state index contributed by atoms with van der Waals surface area (Å²) < 4.78 is 0. The second-order valence-corrected chi connectivity index (χ2v) is 0.238. The third-order valence-corrected chi connectivity index (χ3v) is 0. The minimum absolute atomic E-state index is 0. The van der Waals surface area contributed by atoms with Gasteiger partial charge in [-0.3, -0.25) is 0 Å². The quantitative estimate of drug-likeness (QED) is 0.274. The van der Waals surface area contributed by atoms with Crippen molar-refractivity contribution in [3.8, 4) is 0 Å². The Morgan fingerprint density at radius 2 is 1.67 bits per heavy atom. The Morgan fingerprint density at radius 1 is 1.67 bits per heavy atom. The third kappa shape index (κ3) is 4520. The van der Waals surface area contributed by atoms with E-state index in [1.807, 2.05) is 0 Å². The van der Waals surface area contributed by atoms with Crippen LogP contribution in [0.15, 0.2) is 0 Å². The minimum Gasteiger partial charge on any atom is -0.328 e. The van der Waals surface area contributed by atoms with Crippen molar-refractivity contribution in [1.82, 2.24) is 0 Å². The molecule has 0 spiro atoms. The SMILES string of the molecule is O=[N+]([O-])O.[C].[Ti]. The summed E-state index contributed by atoms with van der Waals surface area (Å²) in [5.74, 6) is 0. The van der Waals surface area contributed by atoms with Crippen molar-refractivity contribution >= 4 is 0 Å². The van der Waals surface area contributed by atoms with Gasteiger partial charge in [0.2, 0.25) is 0 Å². The summed E-state index contributed by atoms with van der Waals surface area (Å²) in [5.41, 5.74) is 0. The molecule has 0 fully saturated rings. The molecule has 0 rings (SSSR count). The van der Waals surface area contributed by atoms with E-state index in [9.17, 15) is 0 Å². The van der Waals surface area contributed by atoms with E-state index in [1.165, 1.54) is 0 Å². The summed E-state index contributed by atoms with van der Waals surface area (Å²) in [5, 5.41) is 13.6. The van der Waals surface area contributed by atoms with Crippen LogP contribution < -0.4 is 0 Å². The van der Waals surface area contributed by atoms with E-state index in [2.05, 4.69) is 0 Å². The van der Waals surface area contributed by atoms with Gasteiger partial charge in [0.15, 0.2) is 0 Å². The Hall–Kier alpha value is -0.0857. The first-order valence-corrected chi connectivity index (χ1v) is 0.565. The maximum atomic E-state index is 8.36. The molecule has 0 atom stereocenters. The molecule has 5 heteroatoms. The molecule has 0 aromatic rings. The molecule has 0 bridgehead atoms. The fourth-order valence-electron chi connectivity index (χ4n) is 0. The van der Waals surface area contributed by atoms with E-state index in [0.717, 1.165) is 0 Å². The zero-order valence-corrected chi connectivity index (χ0v) is 4.27. The van der Waals surface area contributed by atoms with Crippen molar-refractivity contribution in [3.05, 3.63) is 17.5 Å². The molecule has 0 amide bonds. The Balaban J connectivity index is -0.0000000450. The number of nitrogens with zero attached hydrogens (tertiary/aromatic N) is 1. The van der Waals surface area contributed by atoms with Gasteiger partial charge in [0.25, 0.3) is 5.09 Å². The molecular formula is CHNO3Ti. The van der Waals surface area contributed by atoms with Gasteiger partial charge in [0.1, 0.15) is 0 Å². The van der Waals surface area contributed by atoms with Gasteiger partial charge in [-0.05, 0) is 0 Å². The Labute approximate surface area is 50.2 Å². The zero-order chi connectivity index (χ0) is 3.58. The molecule has 32 valence electrons. The van der Waals surface area contributed by atoms with Crippen LogP contribution in [0, 0.1) is 17.5 Å². The van der Waals surface area contributed by atoms with Crippen LogP contribution in [-0.4, -0.2) is 10.3 Å². The van der Waals surface area contributed by atoms with Crippen LogP contribution in [0.2, 0.25) is 0 Å². The van der Waals surface area contributed by atoms with E-state index < -0.39 is 5.09 Å². The summed E-state index contributed by atoms with van der Waals surface area (Å²) in [4.78, 5) is 8.36. The van der Waals surface area contributed by atoms with Crippen LogP contribution in [0.3, 0.4) is 0 Å². The van der Waals surface area contributed by atoms with Crippen LogP contribution >= 0.6 is 0 Å². The van der Waals surface area contributed by atoms with Crippen LogP contribution in [0.5, 0.6) is 0 Å². The summed E-state index contributed by atoms with van der Waals surface area (Å²) in [6.07, 6.45) is 0. The molecule has 0 aliphatic heterocycles. The van der Waals surface area contributed by atoms with E-state index in [-0.39, 0.29) is 29.1 Å². The Kier molecular flexibility index (Phi) is 24.8. The molecule has 0 saturated heterocycles. The van der Waals surface area contributed by atoms with Gasteiger partial charge in [0, 0.05) is 29.1 Å². The van der Waals surface area contributed by atoms with Gasteiger partial charge in [0.05, 0.1) is 0 Å². The van der Waals surface area contributed by atoms with Crippen molar-refractivity contribution in [2.75, 3.05) is 0 Å². The molecule has 0 aliphatic carbocycles. The molecule has 0 heterocycles.